The van der Waals surface area contributed by atoms with Gasteiger partial charge in [0.2, 0.25) is 0 Å². The summed E-state index contributed by atoms with van der Waals surface area (Å²) in [5.74, 6) is 0.407. The molecule has 188 valence electrons. The fourth-order valence-electron chi connectivity index (χ4n) is 6.20. The number of nitrogens with zero attached hydrogens (tertiary/aromatic N) is 2. The fraction of sp³-hybridized carbons (Fsp3) is 0.385. The molecule has 0 bridgehead atoms. The monoisotopic (exact) mass is 524 g/mol. The molecule has 2 amide bonds. The molecule has 0 unspecified atom stereocenters. The van der Waals surface area contributed by atoms with Gasteiger partial charge in [-0.3, -0.25) is 14.5 Å². The Hall–Kier alpha value is -2.66. The van der Waals surface area contributed by atoms with Gasteiger partial charge in [0.15, 0.2) is 10.2 Å². The molecule has 3 aromatic rings. The molecule has 4 heterocycles. The third-order valence-corrected chi connectivity index (χ3v) is 10.2. The second kappa shape index (κ2) is 8.72. The number of aromatic amines is 1. The summed E-state index contributed by atoms with van der Waals surface area (Å²) in [5, 5.41) is 4.08. The predicted molar refractivity (Wildman–Crippen MR) is 143 cm³/mol. The molecule has 2 aromatic carbocycles. The van der Waals surface area contributed by atoms with Gasteiger partial charge in [0.05, 0.1) is 17.3 Å². The Labute approximate surface area is 218 Å². The van der Waals surface area contributed by atoms with E-state index in [0.717, 1.165) is 27.7 Å². The molecule has 2 N–H and O–H groups in total. The number of methoxy groups -OCH3 is 2. The number of fused-ring (bicyclic) bond motifs is 6. The number of benzene rings is 2. The maximum Gasteiger partial charge on any atom is 0.260 e. The van der Waals surface area contributed by atoms with Crippen LogP contribution in [0.2, 0.25) is 0 Å². The van der Waals surface area contributed by atoms with Gasteiger partial charge in [0.1, 0.15) is 6.17 Å². The Morgan fingerprint density at radius 2 is 1.78 bits per heavy atom. The van der Waals surface area contributed by atoms with Crippen LogP contribution in [0.3, 0.4) is 0 Å². The zero-order valence-corrected chi connectivity index (χ0v) is 21.9. The quantitative estimate of drug-likeness (QED) is 0.457. The van der Waals surface area contributed by atoms with Crippen molar-refractivity contribution in [3.8, 4) is 0 Å². The number of hydrogen-bond acceptors (Lipinski definition) is 7. The van der Waals surface area contributed by atoms with E-state index in [0.29, 0.717) is 12.4 Å². The SMILES string of the molecule is COCS[C@H]1C(=O)N2[C@H]3Nc4ccccc4[C@@]3(c3c[nH]c4ccccc34)C[C@]2(SCOC)C(=O)N1C. The van der Waals surface area contributed by atoms with Crippen LogP contribution in [-0.2, 0) is 24.5 Å². The number of thioether (sulfide) groups is 2. The van der Waals surface area contributed by atoms with E-state index in [4.69, 9.17) is 9.47 Å². The molecule has 0 aliphatic carbocycles. The number of H-pyrrole nitrogens is 1. The molecule has 2 fully saturated rings. The number of amides is 2. The summed E-state index contributed by atoms with van der Waals surface area (Å²) >= 11 is 2.71. The van der Waals surface area contributed by atoms with E-state index in [2.05, 4.69) is 28.5 Å². The molecule has 0 radical (unpaired) electrons. The second-order valence-electron chi connectivity index (χ2n) is 9.37. The van der Waals surface area contributed by atoms with E-state index in [1.54, 1.807) is 26.2 Å². The largest absolute Gasteiger partial charge is 0.374 e. The third kappa shape index (κ3) is 3.04. The van der Waals surface area contributed by atoms with Crippen LogP contribution in [0.5, 0.6) is 0 Å². The molecule has 36 heavy (non-hydrogen) atoms. The second-order valence-corrected chi connectivity index (χ2v) is 11.6. The van der Waals surface area contributed by atoms with E-state index < -0.39 is 21.8 Å². The first kappa shape index (κ1) is 23.7. The Kier molecular flexibility index (Phi) is 5.75. The molecular formula is C26H28N4O4S2. The predicted octanol–water partition coefficient (Wildman–Crippen LogP) is 3.61. The van der Waals surface area contributed by atoms with Crippen molar-refractivity contribution in [2.24, 2.45) is 0 Å². The van der Waals surface area contributed by atoms with Crippen molar-refractivity contribution in [3.63, 3.8) is 0 Å². The van der Waals surface area contributed by atoms with Crippen LogP contribution in [0.4, 0.5) is 5.69 Å². The van der Waals surface area contributed by atoms with Crippen LogP contribution in [0.25, 0.3) is 10.9 Å². The first-order valence-corrected chi connectivity index (χ1v) is 13.8. The summed E-state index contributed by atoms with van der Waals surface area (Å²) in [6, 6.07) is 16.4. The normalized spacial score (nSPS) is 28.9. The molecule has 3 aliphatic rings. The highest BCUT2D eigenvalue weighted by molar-refractivity contribution is 8.01. The number of anilines is 1. The van der Waals surface area contributed by atoms with Gasteiger partial charge >= 0.3 is 0 Å². The van der Waals surface area contributed by atoms with E-state index in [-0.39, 0.29) is 17.8 Å². The van der Waals surface area contributed by atoms with Gasteiger partial charge < -0.3 is 24.7 Å². The van der Waals surface area contributed by atoms with Crippen molar-refractivity contribution in [1.82, 2.24) is 14.8 Å². The number of ether oxygens (including phenoxy) is 2. The molecule has 0 saturated carbocycles. The van der Waals surface area contributed by atoms with E-state index in [1.165, 1.54) is 23.5 Å². The lowest BCUT2D eigenvalue weighted by Crippen LogP contribution is -2.68. The van der Waals surface area contributed by atoms with Gasteiger partial charge in [-0.25, -0.2) is 0 Å². The number of carbonyl (C=O) groups excluding carboxylic acids is 2. The van der Waals surface area contributed by atoms with Crippen molar-refractivity contribution in [1.29, 1.82) is 0 Å². The average molecular weight is 525 g/mol. The molecule has 0 spiro atoms. The molecule has 3 aliphatic heterocycles. The number of nitrogens with one attached hydrogen (secondary N) is 2. The molecule has 4 atom stereocenters. The number of carbonyl (C=O) groups is 2. The number of rotatable bonds is 7. The minimum absolute atomic E-state index is 0.0920. The lowest BCUT2D eigenvalue weighted by Gasteiger charge is -2.48. The molecule has 6 rings (SSSR count). The maximum atomic E-state index is 14.3. The number of hydrogen-bond donors (Lipinski definition) is 2. The Balaban J connectivity index is 1.60. The zero-order chi connectivity index (χ0) is 25.1. The minimum Gasteiger partial charge on any atom is -0.374 e. The summed E-state index contributed by atoms with van der Waals surface area (Å²) in [6.45, 7) is 0. The Morgan fingerprint density at radius 3 is 2.58 bits per heavy atom. The topological polar surface area (TPSA) is 86.9 Å². The van der Waals surface area contributed by atoms with Gasteiger partial charge in [-0.2, -0.15) is 0 Å². The third-order valence-electron chi connectivity index (χ3n) is 7.62. The Morgan fingerprint density at radius 1 is 1.03 bits per heavy atom. The summed E-state index contributed by atoms with van der Waals surface area (Å²) in [6.07, 6.45) is 2.04. The lowest BCUT2D eigenvalue weighted by atomic mass is 9.72. The van der Waals surface area contributed by atoms with Crippen molar-refractivity contribution in [3.05, 3.63) is 65.9 Å². The smallest absolute Gasteiger partial charge is 0.260 e. The van der Waals surface area contributed by atoms with Crippen molar-refractivity contribution in [2.45, 2.75) is 28.2 Å². The molecule has 8 nitrogen and oxygen atoms in total. The van der Waals surface area contributed by atoms with Crippen molar-refractivity contribution < 1.29 is 19.1 Å². The van der Waals surface area contributed by atoms with Gasteiger partial charge in [-0.1, -0.05) is 59.9 Å². The molecule has 1 aromatic heterocycles. The average Bonchev–Trinajstić information content (AvgIpc) is 3.54. The highest BCUT2D eigenvalue weighted by atomic mass is 32.2. The number of para-hydroxylation sites is 2. The summed E-state index contributed by atoms with van der Waals surface area (Å²) in [5.41, 5.74) is 3.55. The summed E-state index contributed by atoms with van der Waals surface area (Å²) in [4.78, 5) is 34.2. The number of likely N-dealkylation sites (N-methyl/N-ethyl adjacent to an activating group) is 1. The van der Waals surface area contributed by atoms with E-state index in [9.17, 15) is 9.59 Å². The van der Waals surface area contributed by atoms with Gasteiger partial charge in [-0.15, -0.1) is 0 Å². The minimum atomic E-state index is -1.12. The number of piperazine rings is 1. The van der Waals surface area contributed by atoms with E-state index >= 15 is 0 Å². The van der Waals surface area contributed by atoms with Gasteiger partial charge in [0.25, 0.3) is 11.8 Å². The first-order valence-electron chi connectivity index (χ1n) is 11.8. The molecule has 10 heteroatoms. The Bertz CT molecular complexity index is 1350. The summed E-state index contributed by atoms with van der Waals surface area (Å²) < 4.78 is 10.7. The molecular weight excluding hydrogens is 496 g/mol. The zero-order valence-electron chi connectivity index (χ0n) is 20.3. The summed E-state index contributed by atoms with van der Waals surface area (Å²) in [7, 11) is 4.92. The van der Waals surface area contributed by atoms with Gasteiger partial charge in [0, 0.05) is 50.5 Å². The highest BCUT2D eigenvalue weighted by Crippen LogP contribution is 2.63. The van der Waals surface area contributed by atoms with Crippen molar-refractivity contribution >= 4 is 51.9 Å². The standard InChI is InChI=1S/C26H28N4O4S2/c1-29-22(35-14-33-2)21(31)30-23-25(17-9-5-7-11-20(17)28-23,13-26(30,24(29)32)36-15-34-3)18-12-27-19-10-6-4-8-16(18)19/h4-12,22-23,27-28H,13-15H2,1-3H3/t22-,23+,25+,26-/m0/s1. The van der Waals surface area contributed by atoms with Gasteiger partial charge in [-0.05, 0) is 23.3 Å². The first-order chi connectivity index (χ1) is 17.5. The maximum absolute atomic E-state index is 14.3. The van der Waals surface area contributed by atoms with Crippen LogP contribution in [0.15, 0.2) is 54.7 Å². The van der Waals surface area contributed by atoms with Crippen LogP contribution in [0, 0.1) is 0 Å². The molecule has 2 saturated heterocycles. The van der Waals surface area contributed by atoms with Crippen LogP contribution < -0.4 is 5.32 Å². The highest BCUT2D eigenvalue weighted by Gasteiger charge is 2.72. The van der Waals surface area contributed by atoms with Crippen LogP contribution >= 0.6 is 23.5 Å². The lowest BCUT2D eigenvalue weighted by molar-refractivity contribution is -0.157. The fourth-order valence-corrected chi connectivity index (χ4v) is 8.28. The van der Waals surface area contributed by atoms with Crippen LogP contribution in [-0.4, -0.2) is 76.2 Å². The van der Waals surface area contributed by atoms with Crippen LogP contribution in [0.1, 0.15) is 17.5 Å². The number of aromatic nitrogens is 1. The van der Waals surface area contributed by atoms with E-state index in [1.807, 2.05) is 41.4 Å². The van der Waals surface area contributed by atoms with Crippen molar-refractivity contribution in [2.75, 3.05) is 38.5 Å².